The van der Waals surface area contributed by atoms with Crippen LogP contribution in [0.25, 0.3) is 11.1 Å². The molecule has 0 aromatic carbocycles. The van der Waals surface area contributed by atoms with Crippen molar-refractivity contribution in [2.24, 2.45) is 0 Å². The maximum Gasteiger partial charge on any atom is 0.152 e. The van der Waals surface area contributed by atoms with Gasteiger partial charge in [0.1, 0.15) is 5.52 Å². The van der Waals surface area contributed by atoms with Crippen molar-refractivity contribution in [1.82, 2.24) is 10.3 Å². The van der Waals surface area contributed by atoms with Crippen LogP contribution in [0.1, 0.15) is 18.4 Å². The summed E-state index contributed by atoms with van der Waals surface area (Å²) < 4.78 is 5.47. The molecule has 0 spiro atoms. The van der Waals surface area contributed by atoms with Crippen LogP contribution in [0.4, 0.5) is 0 Å². The lowest BCUT2D eigenvalue weighted by atomic mass is 10.1. The van der Waals surface area contributed by atoms with Gasteiger partial charge < -0.3 is 9.73 Å². The Kier molecular flexibility index (Phi) is 2.18. The minimum absolute atomic E-state index is 0.604. The molecule has 1 aliphatic heterocycles. The average Bonchev–Trinajstić information content (AvgIpc) is 2.89. The topological polar surface area (TPSA) is 38.1 Å². The molecule has 0 bridgehead atoms. The van der Waals surface area contributed by atoms with E-state index in [1.807, 2.05) is 24.6 Å². The van der Waals surface area contributed by atoms with Crippen molar-refractivity contribution in [3.05, 3.63) is 30.2 Å². The van der Waals surface area contributed by atoms with E-state index >= 15 is 0 Å². The van der Waals surface area contributed by atoms with E-state index in [9.17, 15) is 0 Å². The molecule has 15 heavy (non-hydrogen) atoms. The van der Waals surface area contributed by atoms with Crippen LogP contribution in [-0.4, -0.2) is 17.6 Å². The summed E-state index contributed by atoms with van der Waals surface area (Å²) in [5.74, 6) is 0. The van der Waals surface area contributed by atoms with Crippen LogP contribution in [0, 0.1) is 0 Å². The van der Waals surface area contributed by atoms with Crippen LogP contribution in [0.5, 0.6) is 0 Å². The first-order valence-electron chi connectivity index (χ1n) is 5.48. The monoisotopic (exact) mass is 202 g/mol. The summed E-state index contributed by atoms with van der Waals surface area (Å²) >= 11 is 0. The van der Waals surface area contributed by atoms with E-state index in [4.69, 9.17) is 4.42 Å². The maximum atomic E-state index is 5.47. The van der Waals surface area contributed by atoms with E-state index in [1.54, 1.807) is 0 Å². The second kappa shape index (κ2) is 3.66. The van der Waals surface area contributed by atoms with E-state index in [0.29, 0.717) is 6.04 Å². The van der Waals surface area contributed by atoms with E-state index in [1.165, 1.54) is 18.4 Å². The van der Waals surface area contributed by atoms with Crippen LogP contribution in [0.15, 0.2) is 29.0 Å². The Morgan fingerprint density at radius 3 is 3.40 bits per heavy atom. The van der Waals surface area contributed by atoms with Gasteiger partial charge >= 0.3 is 0 Å². The molecule has 0 aliphatic carbocycles. The third kappa shape index (κ3) is 1.63. The van der Waals surface area contributed by atoms with Crippen LogP contribution in [-0.2, 0) is 6.42 Å². The molecule has 0 saturated carbocycles. The summed E-state index contributed by atoms with van der Waals surface area (Å²) in [6.45, 7) is 1.15. The lowest BCUT2D eigenvalue weighted by Gasteiger charge is -2.07. The van der Waals surface area contributed by atoms with Crippen molar-refractivity contribution in [2.45, 2.75) is 25.3 Å². The SMILES string of the molecule is c1cnc2c(CC3CCCN3)coc2c1. The standard InChI is InChI=1S/C12H14N2O/c1-3-10(13-5-1)7-9-8-15-11-4-2-6-14-12(9)11/h2,4,6,8,10,13H,1,3,5,7H2. The molecule has 1 unspecified atom stereocenters. The number of nitrogens with one attached hydrogen (secondary N) is 1. The Hall–Kier alpha value is -1.35. The molecule has 1 saturated heterocycles. The quantitative estimate of drug-likeness (QED) is 0.810. The number of nitrogens with zero attached hydrogens (tertiary/aromatic N) is 1. The minimum atomic E-state index is 0.604. The van der Waals surface area contributed by atoms with Gasteiger partial charge in [-0.15, -0.1) is 0 Å². The zero-order chi connectivity index (χ0) is 10.1. The smallest absolute Gasteiger partial charge is 0.152 e. The molecule has 3 rings (SSSR count). The van der Waals surface area contributed by atoms with E-state index < -0.39 is 0 Å². The Morgan fingerprint density at radius 2 is 2.53 bits per heavy atom. The van der Waals surface area contributed by atoms with Crippen LogP contribution in [0.2, 0.25) is 0 Å². The molecule has 0 radical (unpaired) electrons. The van der Waals surface area contributed by atoms with Crippen LogP contribution in [0.3, 0.4) is 0 Å². The van der Waals surface area contributed by atoms with Crippen molar-refractivity contribution in [3.8, 4) is 0 Å². The molecule has 1 aliphatic rings. The van der Waals surface area contributed by atoms with Crippen molar-refractivity contribution >= 4 is 11.1 Å². The van der Waals surface area contributed by atoms with Crippen LogP contribution < -0.4 is 5.32 Å². The average molecular weight is 202 g/mol. The summed E-state index contributed by atoms with van der Waals surface area (Å²) in [5.41, 5.74) is 3.14. The number of fused-ring (bicyclic) bond motifs is 1. The molecule has 0 amide bonds. The first-order chi connectivity index (χ1) is 7.43. The number of aromatic nitrogens is 1. The minimum Gasteiger partial charge on any atom is -0.462 e. The highest BCUT2D eigenvalue weighted by molar-refractivity contribution is 5.76. The molecule has 1 N–H and O–H groups in total. The fourth-order valence-electron chi connectivity index (χ4n) is 2.26. The number of furan rings is 1. The maximum absolute atomic E-state index is 5.47. The summed E-state index contributed by atoms with van der Waals surface area (Å²) in [5, 5.41) is 3.49. The van der Waals surface area contributed by atoms with Gasteiger partial charge in [-0.3, -0.25) is 4.98 Å². The highest BCUT2D eigenvalue weighted by Gasteiger charge is 2.17. The Labute approximate surface area is 88.5 Å². The zero-order valence-corrected chi connectivity index (χ0v) is 8.57. The number of pyridine rings is 1. The van der Waals surface area contributed by atoms with Crippen molar-refractivity contribution in [1.29, 1.82) is 0 Å². The molecule has 3 heterocycles. The fraction of sp³-hybridized carbons (Fsp3) is 0.417. The summed E-state index contributed by atoms with van der Waals surface area (Å²) in [6.07, 6.45) is 7.25. The van der Waals surface area contributed by atoms with Gasteiger partial charge in [0.05, 0.1) is 6.26 Å². The van der Waals surface area contributed by atoms with Gasteiger partial charge in [0.25, 0.3) is 0 Å². The van der Waals surface area contributed by atoms with E-state index in [0.717, 1.165) is 24.1 Å². The first-order valence-corrected chi connectivity index (χ1v) is 5.48. The predicted octanol–water partition coefficient (Wildman–Crippen LogP) is 2.12. The van der Waals surface area contributed by atoms with Gasteiger partial charge in [-0.05, 0) is 37.9 Å². The first kappa shape index (κ1) is 8.92. The molecule has 1 fully saturated rings. The molecule has 1 atom stereocenters. The highest BCUT2D eigenvalue weighted by Crippen LogP contribution is 2.21. The lowest BCUT2D eigenvalue weighted by Crippen LogP contribution is -2.23. The normalized spacial score (nSPS) is 21.2. The van der Waals surface area contributed by atoms with Crippen molar-refractivity contribution in [2.75, 3.05) is 6.54 Å². The fourth-order valence-corrected chi connectivity index (χ4v) is 2.26. The zero-order valence-electron chi connectivity index (χ0n) is 8.57. The number of rotatable bonds is 2. The Balaban J connectivity index is 1.90. The summed E-state index contributed by atoms with van der Waals surface area (Å²) in [6, 6.07) is 4.48. The van der Waals surface area contributed by atoms with Gasteiger partial charge in [0.2, 0.25) is 0 Å². The van der Waals surface area contributed by atoms with Gasteiger partial charge in [-0.1, -0.05) is 0 Å². The second-order valence-corrected chi connectivity index (χ2v) is 4.11. The molecule has 2 aromatic rings. The Bertz CT molecular complexity index is 457. The third-order valence-electron chi connectivity index (χ3n) is 3.03. The lowest BCUT2D eigenvalue weighted by molar-refractivity contribution is 0.580. The number of hydrogen-bond donors (Lipinski definition) is 1. The Morgan fingerprint density at radius 1 is 1.53 bits per heavy atom. The largest absolute Gasteiger partial charge is 0.462 e. The molecular weight excluding hydrogens is 188 g/mol. The van der Waals surface area contributed by atoms with Gasteiger partial charge in [0, 0.05) is 17.8 Å². The van der Waals surface area contributed by atoms with Gasteiger partial charge in [-0.25, -0.2) is 0 Å². The molecule has 78 valence electrons. The molecular formula is C12H14N2O. The second-order valence-electron chi connectivity index (χ2n) is 4.11. The molecule has 3 heteroatoms. The molecule has 2 aromatic heterocycles. The van der Waals surface area contributed by atoms with Crippen molar-refractivity contribution < 1.29 is 4.42 Å². The van der Waals surface area contributed by atoms with E-state index in [-0.39, 0.29) is 0 Å². The van der Waals surface area contributed by atoms with Gasteiger partial charge in [-0.2, -0.15) is 0 Å². The highest BCUT2D eigenvalue weighted by atomic mass is 16.3. The van der Waals surface area contributed by atoms with Crippen LogP contribution >= 0.6 is 0 Å². The van der Waals surface area contributed by atoms with Gasteiger partial charge in [0.15, 0.2) is 5.58 Å². The number of hydrogen-bond acceptors (Lipinski definition) is 3. The summed E-state index contributed by atoms with van der Waals surface area (Å²) in [7, 11) is 0. The van der Waals surface area contributed by atoms with Crippen molar-refractivity contribution in [3.63, 3.8) is 0 Å². The molecule has 3 nitrogen and oxygen atoms in total. The van der Waals surface area contributed by atoms with E-state index in [2.05, 4.69) is 10.3 Å². The predicted molar refractivity (Wildman–Crippen MR) is 58.7 cm³/mol. The third-order valence-corrected chi connectivity index (χ3v) is 3.03. The summed E-state index contributed by atoms with van der Waals surface area (Å²) in [4.78, 5) is 4.36.